The summed E-state index contributed by atoms with van der Waals surface area (Å²) in [5.41, 5.74) is 3.47. The highest BCUT2D eigenvalue weighted by Crippen LogP contribution is 2.34. The van der Waals surface area contributed by atoms with Crippen molar-refractivity contribution in [1.82, 2.24) is 0 Å². The number of anilines is 2. The van der Waals surface area contributed by atoms with E-state index in [0.29, 0.717) is 34.0 Å². The van der Waals surface area contributed by atoms with Gasteiger partial charge in [0.15, 0.2) is 0 Å². The van der Waals surface area contributed by atoms with E-state index in [4.69, 9.17) is 9.47 Å². The smallest absolute Gasteiger partial charge is 0.282 e. The van der Waals surface area contributed by atoms with Gasteiger partial charge in [0.1, 0.15) is 17.2 Å². The number of imide groups is 1. The van der Waals surface area contributed by atoms with Crippen LogP contribution in [0.25, 0.3) is 5.57 Å². The van der Waals surface area contributed by atoms with Gasteiger partial charge in [0.25, 0.3) is 11.8 Å². The van der Waals surface area contributed by atoms with Crippen LogP contribution in [0.1, 0.15) is 25.0 Å². The highest BCUT2D eigenvalue weighted by molar-refractivity contribution is 6.46. The molecule has 0 aromatic heterocycles. The number of ether oxygens (including phenoxy) is 2. The number of benzene rings is 3. The Morgan fingerprint density at radius 2 is 1.39 bits per heavy atom. The van der Waals surface area contributed by atoms with Crippen LogP contribution in [-0.2, 0) is 9.59 Å². The molecule has 0 bridgehead atoms. The van der Waals surface area contributed by atoms with Gasteiger partial charge in [-0.1, -0.05) is 29.8 Å². The number of nitrogens with one attached hydrogen (secondary N) is 1. The number of methoxy groups -OCH3 is 1. The van der Waals surface area contributed by atoms with E-state index in [9.17, 15) is 9.59 Å². The average Bonchev–Trinajstić information content (AvgIpc) is 3.04. The van der Waals surface area contributed by atoms with Crippen LogP contribution in [0.3, 0.4) is 0 Å². The lowest BCUT2D eigenvalue weighted by molar-refractivity contribution is -0.120. The molecule has 0 radical (unpaired) electrons. The van der Waals surface area contributed by atoms with Crippen molar-refractivity contribution in [3.63, 3.8) is 0 Å². The fraction of sp³-hybridized carbons (Fsp3) is 0.185. The molecule has 2 amide bonds. The first kappa shape index (κ1) is 22.1. The largest absolute Gasteiger partial charge is 0.497 e. The van der Waals surface area contributed by atoms with Crippen LogP contribution in [0.4, 0.5) is 11.4 Å². The van der Waals surface area contributed by atoms with Crippen molar-refractivity contribution in [3.8, 4) is 11.5 Å². The SMILES string of the molecule is COc1ccc(NC2=C(c3ccc(C)cc3)C(=O)N(c3ccc(OC(C)C)cc3)C2=O)cc1. The molecule has 0 unspecified atom stereocenters. The number of hydrogen-bond donors (Lipinski definition) is 1. The lowest BCUT2D eigenvalue weighted by Gasteiger charge is -2.17. The number of amides is 2. The molecule has 33 heavy (non-hydrogen) atoms. The number of carbonyl (C=O) groups is 2. The van der Waals surface area contributed by atoms with Gasteiger partial charge in [-0.3, -0.25) is 9.59 Å². The molecule has 3 aromatic rings. The van der Waals surface area contributed by atoms with Crippen molar-refractivity contribution in [2.75, 3.05) is 17.3 Å². The summed E-state index contributed by atoms with van der Waals surface area (Å²) in [6.45, 7) is 5.86. The van der Waals surface area contributed by atoms with Gasteiger partial charge in [0.05, 0.1) is 24.5 Å². The molecule has 0 atom stereocenters. The van der Waals surface area contributed by atoms with Gasteiger partial charge in [-0.2, -0.15) is 0 Å². The quantitative estimate of drug-likeness (QED) is 0.510. The number of rotatable bonds is 7. The summed E-state index contributed by atoms with van der Waals surface area (Å²) >= 11 is 0. The van der Waals surface area contributed by atoms with Crippen LogP contribution in [-0.4, -0.2) is 25.0 Å². The highest BCUT2D eigenvalue weighted by Gasteiger charge is 2.40. The van der Waals surface area contributed by atoms with Gasteiger partial charge in [0.2, 0.25) is 0 Å². The molecule has 1 N–H and O–H groups in total. The summed E-state index contributed by atoms with van der Waals surface area (Å²) in [4.78, 5) is 28.2. The monoisotopic (exact) mass is 442 g/mol. The molecule has 0 saturated heterocycles. The van der Waals surface area contributed by atoms with Crippen molar-refractivity contribution in [2.24, 2.45) is 0 Å². The van der Waals surface area contributed by atoms with E-state index in [-0.39, 0.29) is 17.7 Å². The molecule has 6 nitrogen and oxygen atoms in total. The highest BCUT2D eigenvalue weighted by atomic mass is 16.5. The zero-order valence-electron chi connectivity index (χ0n) is 19.1. The van der Waals surface area contributed by atoms with Gasteiger partial charge in [-0.15, -0.1) is 0 Å². The summed E-state index contributed by atoms with van der Waals surface area (Å²) < 4.78 is 10.9. The summed E-state index contributed by atoms with van der Waals surface area (Å²) in [5, 5.41) is 3.16. The fourth-order valence-corrected chi connectivity index (χ4v) is 3.63. The lowest BCUT2D eigenvalue weighted by atomic mass is 10.0. The molecule has 3 aromatic carbocycles. The lowest BCUT2D eigenvalue weighted by Crippen LogP contribution is -2.32. The van der Waals surface area contributed by atoms with E-state index in [0.717, 1.165) is 5.56 Å². The Bertz CT molecular complexity index is 1190. The average molecular weight is 443 g/mol. The van der Waals surface area contributed by atoms with Crippen molar-refractivity contribution in [2.45, 2.75) is 26.9 Å². The predicted octanol–water partition coefficient (Wildman–Crippen LogP) is 5.19. The zero-order chi connectivity index (χ0) is 23.5. The predicted molar refractivity (Wildman–Crippen MR) is 129 cm³/mol. The van der Waals surface area contributed by atoms with E-state index in [1.807, 2.05) is 45.0 Å². The van der Waals surface area contributed by atoms with E-state index in [1.54, 1.807) is 55.6 Å². The molecule has 0 saturated carbocycles. The molecule has 0 spiro atoms. The summed E-state index contributed by atoms with van der Waals surface area (Å²) in [6, 6.07) is 21.7. The van der Waals surface area contributed by atoms with Gasteiger partial charge in [-0.05, 0) is 74.9 Å². The van der Waals surface area contributed by atoms with Crippen LogP contribution >= 0.6 is 0 Å². The minimum absolute atomic E-state index is 0.0287. The molecular formula is C27H26N2O4. The van der Waals surface area contributed by atoms with Gasteiger partial charge in [0, 0.05) is 5.69 Å². The number of aryl methyl sites for hydroxylation is 1. The molecular weight excluding hydrogens is 416 g/mol. The fourth-order valence-electron chi connectivity index (χ4n) is 3.63. The number of nitrogens with zero attached hydrogens (tertiary/aromatic N) is 1. The second-order valence-electron chi connectivity index (χ2n) is 8.08. The standard InChI is InChI=1S/C27H26N2O4/c1-17(2)33-23-15-11-21(12-16-23)29-26(30)24(19-7-5-18(3)6-8-19)25(27(29)31)28-20-9-13-22(32-4)14-10-20/h5-17,28H,1-4H3. The Kier molecular flexibility index (Phi) is 6.18. The molecule has 6 heteroatoms. The first-order valence-electron chi connectivity index (χ1n) is 10.8. The van der Waals surface area contributed by atoms with E-state index in [1.165, 1.54) is 4.90 Å². The Morgan fingerprint density at radius 3 is 1.97 bits per heavy atom. The molecule has 0 aliphatic carbocycles. The molecule has 4 rings (SSSR count). The Morgan fingerprint density at radius 1 is 0.788 bits per heavy atom. The van der Waals surface area contributed by atoms with Crippen molar-refractivity contribution >= 4 is 28.8 Å². The second-order valence-corrected chi connectivity index (χ2v) is 8.08. The van der Waals surface area contributed by atoms with Crippen LogP contribution in [0, 0.1) is 6.92 Å². The Labute approximate surface area is 193 Å². The third kappa shape index (κ3) is 4.60. The van der Waals surface area contributed by atoms with Gasteiger partial charge < -0.3 is 14.8 Å². The molecule has 1 heterocycles. The minimum atomic E-state index is -0.413. The van der Waals surface area contributed by atoms with E-state index < -0.39 is 5.91 Å². The van der Waals surface area contributed by atoms with Crippen LogP contribution < -0.4 is 19.7 Å². The molecule has 1 aliphatic rings. The van der Waals surface area contributed by atoms with Crippen LogP contribution in [0.5, 0.6) is 11.5 Å². The number of carbonyl (C=O) groups excluding carboxylic acids is 2. The topological polar surface area (TPSA) is 67.9 Å². The maximum Gasteiger partial charge on any atom is 0.282 e. The molecule has 0 fully saturated rings. The third-order valence-electron chi connectivity index (χ3n) is 5.25. The third-order valence-corrected chi connectivity index (χ3v) is 5.25. The molecule has 168 valence electrons. The van der Waals surface area contributed by atoms with Crippen LogP contribution in [0.15, 0.2) is 78.5 Å². The van der Waals surface area contributed by atoms with Crippen molar-refractivity contribution in [3.05, 3.63) is 89.6 Å². The first-order chi connectivity index (χ1) is 15.9. The van der Waals surface area contributed by atoms with E-state index in [2.05, 4.69) is 5.32 Å². The maximum absolute atomic E-state index is 13.5. The Hall–Kier alpha value is -4.06. The zero-order valence-corrected chi connectivity index (χ0v) is 19.1. The Balaban J connectivity index is 1.72. The summed E-state index contributed by atoms with van der Waals surface area (Å²) in [6.07, 6.45) is 0.0287. The maximum atomic E-state index is 13.5. The second kappa shape index (κ2) is 9.20. The van der Waals surface area contributed by atoms with Gasteiger partial charge in [-0.25, -0.2) is 4.90 Å². The summed E-state index contributed by atoms with van der Waals surface area (Å²) in [5.74, 6) is 0.588. The van der Waals surface area contributed by atoms with Gasteiger partial charge >= 0.3 is 0 Å². The van der Waals surface area contributed by atoms with Crippen molar-refractivity contribution < 1.29 is 19.1 Å². The van der Waals surface area contributed by atoms with Crippen LogP contribution in [0.2, 0.25) is 0 Å². The molecule has 1 aliphatic heterocycles. The van der Waals surface area contributed by atoms with Crippen molar-refractivity contribution in [1.29, 1.82) is 0 Å². The normalized spacial score (nSPS) is 13.7. The van der Waals surface area contributed by atoms with E-state index >= 15 is 0 Å². The summed E-state index contributed by atoms with van der Waals surface area (Å²) in [7, 11) is 1.59. The number of hydrogen-bond acceptors (Lipinski definition) is 5. The minimum Gasteiger partial charge on any atom is -0.497 e. The first-order valence-corrected chi connectivity index (χ1v) is 10.8.